The topological polar surface area (TPSA) is 103 Å². The van der Waals surface area contributed by atoms with Gasteiger partial charge in [0, 0.05) is 23.6 Å². The number of hydrogen-bond donors (Lipinski definition) is 1. The highest BCUT2D eigenvalue weighted by Gasteiger charge is 2.15. The van der Waals surface area contributed by atoms with Crippen LogP contribution < -0.4 is 10.1 Å². The van der Waals surface area contributed by atoms with Crippen molar-refractivity contribution in [1.29, 1.82) is 0 Å². The van der Waals surface area contributed by atoms with Crippen molar-refractivity contribution in [3.8, 4) is 17.1 Å². The summed E-state index contributed by atoms with van der Waals surface area (Å²) in [6.07, 6.45) is 1.09. The van der Waals surface area contributed by atoms with Crippen LogP contribution in [0.5, 0.6) is 5.88 Å². The first-order chi connectivity index (χ1) is 14.8. The van der Waals surface area contributed by atoms with Crippen LogP contribution in [-0.4, -0.2) is 41.8 Å². The molecule has 4 aromatic rings. The normalized spacial score (nSPS) is 11.4. The maximum absolute atomic E-state index is 12.3. The van der Waals surface area contributed by atoms with Crippen LogP contribution in [-0.2, 0) is 14.6 Å². The van der Waals surface area contributed by atoms with Gasteiger partial charge in [-0.25, -0.2) is 17.9 Å². The lowest BCUT2D eigenvalue weighted by Gasteiger charge is -2.09. The molecule has 0 fully saturated rings. The molecule has 4 rings (SSSR count). The van der Waals surface area contributed by atoms with Crippen molar-refractivity contribution in [3.05, 3.63) is 72.4 Å². The van der Waals surface area contributed by atoms with E-state index in [1.807, 2.05) is 43.3 Å². The van der Waals surface area contributed by atoms with E-state index in [0.717, 1.165) is 23.2 Å². The highest BCUT2D eigenvalue weighted by molar-refractivity contribution is 7.90. The van der Waals surface area contributed by atoms with Gasteiger partial charge in [-0.2, -0.15) is 0 Å². The first-order valence-corrected chi connectivity index (χ1v) is 11.3. The van der Waals surface area contributed by atoms with Crippen molar-refractivity contribution in [3.63, 3.8) is 0 Å². The minimum absolute atomic E-state index is 0.0457. The molecule has 0 saturated carbocycles. The summed E-state index contributed by atoms with van der Waals surface area (Å²) < 4.78 is 30.9. The summed E-state index contributed by atoms with van der Waals surface area (Å²) in [6.45, 7) is 1.58. The maximum Gasteiger partial charge on any atom is 0.262 e. The van der Waals surface area contributed by atoms with E-state index in [9.17, 15) is 13.2 Å². The maximum atomic E-state index is 12.3. The molecule has 0 aliphatic rings. The Hall–Kier alpha value is -3.72. The third-order valence-electron chi connectivity index (χ3n) is 4.56. The molecule has 0 aliphatic carbocycles. The SMILES string of the molecule is Cc1cc(-c2ccccc2)nc2cc(OCC(=O)Nc3ccccc3S(C)(=O)=O)nn12. The molecule has 0 saturated heterocycles. The van der Waals surface area contributed by atoms with Crippen molar-refractivity contribution < 1.29 is 17.9 Å². The van der Waals surface area contributed by atoms with Crippen LogP contribution >= 0.6 is 0 Å². The van der Waals surface area contributed by atoms with Gasteiger partial charge < -0.3 is 10.1 Å². The van der Waals surface area contributed by atoms with Gasteiger partial charge in [0.2, 0.25) is 5.88 Å². The van der Waals surface area contributed by atoms with Crippen LogP contribution in [0, 0.1) is 6.92 Å². The van der Waals surface area contributed by atoms with Crippen LogP contribution in [0.15, 0.2) is 71.6 Å². The monoisotopic (exact) mass is 436 g/mol. The van der Waals surface area contributed by atoms with Crippen LogP contribution in [0.3, 0.4) is 0 Å². The molecule has 2 aromatic heterocycles. The number of benzene rings is 2. The third-order valence-corrected chi connectivity index (χ3v) is 5.72. The Balaban J connectivity index is 1.50. The first-order valence-electron chi connectivity index (χ1n) is 9.46. The van der Waals surface area contributed by atoms with E-state index in [-0.39, 0.29) is 23.1 Å². The van der Waals surface area contributed by atoms with E-state index < -0.39 is 15.7 Å². The molecule has 0 atom stereocenters. The Morgan fingerprint density at radius 1 is 1.06 bits per heavy atom. The predicted molar refractivity (Wildman–Crippen MR) is 117 cm³/mol. The molecule has 1 amide bonds. The molecule has 158 valence electrons. The molecule has 0 spiro atoms. The minimum Gasteiger partial charge on any atom is -0.466 e. The van der Waals surface area contributed by atoms with Gasteiger partial charge in [-0.1, -0.05) is 42.5 Å². The molecule has 0 bridgehead atoms. The number of aromatic nitrogens is 3. The molecular weight excluding hydrogens is 416 g/mol. The molecule has 1 N–H and O–H groups in total. The van der Waals surface area contributed by atoms with Crippen LogP contribution in [0.2, 0.25) is 0 Å². The summed E-state index contributed by atoms with van der Waals surface area (Å²) in [7, 11) is -3.47. The standard InChI is InChI=1S/C22H20N4O4S/c1-15-12-18(16-8-4-3-5-9-16)23-20-13-22(25-26(15)20)30-14-21(27)24-17-10-6-7-11-19(17)31(2,28)29/h3-13H,14H2,1-2H3,(H,24,27). The Morgan fingerprint density at radius 3 is 2.52 bits per heavy atom. The number of rotatable bonds is 6. The zero-order chi connectivity index (χ0) is 22.0. The molecule has 9 heteroatoms. The quantitative estimate of drug-likeness (QED) is 0.498. The lowest BCUT2D eigenvalue weighted by molar-refractivity contribution is -0.118. The predicted octanol–water partition coefficient (Wildman–Crippen LogP) is 3.13. The van der Waals surface area contributed by atoms with E-state index in [1.54, 1.807) is 22.7 Å². The van der Waals surface area contributed by atoms with Crippen LogP contribution in [0.4, 0.5) is 5.69 Å². The number of anilines is 1. The second kappa shape index (κ2) is 8.19. The summed E-state index contributed by atoms with van der Waals surface area (Å²) >= 11 is 0. The van der Waals surface area contributed by atoms with Gasteiger partial charge in [-0.05, 0) is 25.1 Å². The van der Waals surface area contributed by atoms with Crippen molar-refractivity contribution >= 4 is 27.1 Å². The Morgan fingerprint density at radius 2 is 1.77 bits per heavy atom. The lowest BCUT2D eigenvalue weighted by Crippen LogP contribution is -2.21. The number of hydrogen-bond acceptors (Lipinski definition) is 6. The number of aryl methyl sites for hydroxylation is 1. The second-order valence-corrected chi connectivity index (χ2v) is 8.99. The highest BCUT2D eigenvalue weighted by Crippen LogP contribution is 2.22. The molecule has 8 nitrogen and oxygen atoms in total. The largest absolute Gasteiger partial charge is 0.466 e. The summed E-state index contributed by atoms with van der Waals surface area (Å²) in [5.41, 5.74) is 3.47. The zero-order valence-electron chi connectivity index (χ0n) is 16.9. The smallest absolute Gasteiger partial charge is 0.262 e. The minimum atomic E-state index is -3.47. The zero-order valence-corrected chi connectivity index (χ0v) is 17.8. The van der Waals surface area contributed by atoms with Gasteiger partial charge >= 0.3 is 0 Å². The van der Waals surface area contributed by atoms with Gasteiger partial charge in [-0.15, -0.1) is 5.10 Å². The number of ether oxygens (including phenoxy) is 1. The average molecular weight is 436 g/mol. The van der Waals surface area contributed by atoms with Gasteiger partial charge in [-0.3, -0.25) is 4.79 Å². The number of sulfone groups is 1. The van der Waals surface area contributed by atoms with Crippen LogP contribution in [0.1, 0.15) is 5.69 Å². The van der Waals surface area contributed by atoms with Crippen LogP contribution in [0.25, 0.3) is 16.9 Å². The first kappa shape index (κ1) is 20.5. The lowest BCUT2D eigenvalue weighted by atomic mass is 10.1. The number of para-hydroxylation sites is 1. The highest BCUT2D eigenvalue weighted by atomic mass is 32.2. The van der Waals surface area contributed by atoms with Gasteiger partial charge in [0.25, 0.3) is 5.91 Å². The molecular formula is C22H20N4O4S. The Labute approximate surface area is 179 Å². The van der Waals surface area contributed by atoms with Crippen molar-refractivity contribution in [1.82, 2.24) is 14.6 Å². The molecule has 2 aromatic carbocycles. The van der Waals surface area contributed by atoms with Crippen molar-refractivity contribution in [2.75, 3.05) is 18.2 Å². The molecule has 2 heterocycles. The van der Waals surface area contributed by atoms with Gasteiger partial charge in [0.05, 0.1) is 16.3 Å². The van der Waals surface area contributed by atoms with Gasteiger partial charge in [0.15, 0.2) is 22.1 Å². The summed E-state index contributed by atoms with van der Waals surface area (Å²) in [4.78, 5) is 17.0. The molecule has 31 heavy (non-hydrogen) atoms. The van der Waals surface area contributed by atoms with E-state index in [1.165, 1.54) is 12.1 Å². The molecule has 0 radical (unpaired) electrons. The number of carbonyl (C=O) groups excluding carboxylic acids is 1. The number of carbonyl (C=O) groups is 1. The molecule has 0 unspecified atom stereocenters. The number of fused-ring (bicyclic) bond motifs is 1. The fraction of sp³-hybridized carbons (Fsp3) is 0.136. The number of nitrogens with zero attached hydrogens (tertiary/aromatic N) is 3. The summed E-state index contributed by atoms with van der Waals surface area (Å²) in [5.74, 6) is -0.254. The van der Waals surface area contributed by atoms with Crippen molar-refractivity contribution in [2.24, 2.45) is 0 Å². The molecule has 0 aliphatic heterocycles. The Kier molecular flexibility index (Phi) is 5.43. The summed E-state index contributed by atoms with van der Waals surface area (Å²) in [5, 5.41) is 6.91. The fourth-order valence-corrected chi connectivity index (χ4v) is 3.99. The summed E-state index contributed by atoms with van der Waals surface area (Å²) in [6, 6.07) is 19.6. The van der Waals surface area contributed by atoms with E-state index in [4.69, 9.17) is 4.74 Å². The third kappa shape index (κ3) is 4.56. The number of nitrogens with one attached hydrogen (secondary N) is 1. The number of amides is 1. The van der Waals surface area contributed by atoms with E-state index in [0.29, 0.717) is 5.65 Å². The Bertz CT molecular complexity index is 1370. The van der Waals surface area contributed by atoms with E-state index >= 15 is 0 Å². The van der Waals surface area contributed by atoms with Crippen molar-refractivity contribution in [2.45, 2.75) is 11.8 Å². The fourth-order valence-electron chi connectivity index (χ4n) is 3.15. The second-order valence-electron chi connectivity index (χ2n) is 7.01. The van der Waals surface area contributed by atoms with E-state index in [2.05, 4.69) is 15.4 Å². The average Bonchev–Trinajstić information content (AvgIpc) is 3.16. The van der Waals surface area contributed by atoms with Gasteiger partial charge in [0.1, 0.15) is 0 Å².